The lowest BCUT2D eigenvalue weighted by atomic mass is 10.2. The second-order valence-electron chi connectivity index (χ2n) is 3.93. The Morgan fingerprint density at radius 3 is 2.89 bits per heavy atom. The number of aromatic nitrogens is 2. The average Bonchev–Trinajstić information content (AvgIpc) is 2.90. The second-order valence-corrected chi connectivity index (χ2v) is 3.93. The van der Waals surface area contributed by atoms with Gasteiger partial charge < -0.3 is 14.5 Å². The number of hydrogen-bond donors (Lipinski definition) is 1. The van der Waals surface area contributed by atoms with Crippen molar-refractivity contribution in [2.24, 2.45) is 0 Å². The Morgan fingerprint density at radius 1 is 1.39 bits per heavy atom. The van der Waals surface area contributed by atoms with Gasteiger partial charge in [0.2, 0.25) is 11.8 Å². The highest BCUT2D eigenvalue weighted by Gasteiger charge is 2.15. The highest BCUT2D eigenvalue weighted by molar-refractivity contribution is 5.55. The average molecular weight is 247 g/mol. The quantitative estimate of drug-likeness (QED) is 0.879. The predicted octanol–water partition coefficient (Wildman–Crippen LogP) is 2.42. The van der Waals surface area contributed by atoms with E-state index in [2.05, 4.69) is 22.4 Å². The van der Waals surface area contributed by atoms with E-state index in [1.165, 1.54) is 0 Å². The monoisotopic (exact) mass is 247 g/mol. The van der Waals surface area contributed by atoms with Gasteiger partial charge in [-0.05, 0) is 31.7 Å². The summed E-state index contributed by atoms with van der Waals surface area (Å²) in [5.41, 5.74) is 0.860. The summed E-state index contributed by atoms with van der Waals surface area (Å²) in [5.74, 6) is 1.89. The van der Waals surface area contributed by atoms with Crippen LogP contribution in [0.15, 0.2) is 28.7 Å². The van der Waals surface area contributed by atoms with Gasteiger partial charge in [-0.1, -0.05) is 13.0 Å². The lowest BCUT2D eigenvalue weighted by molar-refractivity contribution is 0.411. The molecule has 5 nitrogen and oxygen atoms in total. The van der Waals surface area contributed by atoms with Crippen molar-refractivity contribution in [3.8, 4) is 17.2 Å². The Balaban J connectivity index is 2.28. The van der Waals surface area contributed by atoms with Gasteiger partial charge >= 0.3 is 0 Å². The number of nitrogens with zero attached hydrogens (tertiary/aromatic N) is 2. The van der Waals surface area contributed by atoms with Gasteiger partial charge in [0.25, 0.3) is 0 Å². The molecule has 1 atom stereocenters. The van der Waals surface area contributed by atoms with Crippen molar-refractivity contribution in [1.82, 2.24) is 15.5 Å². The summed E-state index contributed by atoms with van der Waals surface area (Å²) in [6.07, 6.45) is 0.899. The zero-order chi connectivity index (χ0) is 13.0. The van der Waals surface area contributed by atoms with Crippen molar-refractivity contribution in [2.45, 2.75) is 19.4 Å². The molecule has 0 radical (unpaired) electrons. The molecule has 0 bridgehead atoms. The SMILES string of the molecule is CCC(NC)c1nnc(-c2cccc(OC)c2)o1. The van der Waals surface area contributed by atoms with Crippen LogP contribution in [-0.4, -0.2) is 24.4 Å². The minimum absolute atomic E-state index is 0.0943. The largest absolute Gasteiger partial charge is 0.497 e. The molecule has 0 spiro atoms. The van der Waals surface area contributed by atoms with Crippen molar-refractivity contribution in [2.75, 3.05) is 14.2 Å². The fourth-order valence-electron chi connectivity index (χ4n) is 1.75. The van der Waals surface area contributed by atoms with E-state index in [4.69, 9.17) is 9.15 Å². The molecule has 18 heavy (non-hydrogen) atoms. The maximum absolute atomic E-state index is 5.67. The Bertz CT molecular complexity index is 506. The van der Waals surface area contributed by atoms with Crippen LogP contribution in [0.3, 0.4) is 0 Å². The molecular weight excluding hydrogens is 230 g/mol. The van der Waals surface area contributed by atoms with Crippen LogP contribution in [0.5, 0.6) is 5.75 Å². The highest BCUT2D eigenvalue weighted by Crippen LogP contribution is 2.24. The van der Waals surface area contributed by atoms with E-state index >= 15 is 0 Å². The van der Waals surface area contributed by atoms with Crippen LogP contribution in [0.4, 0.5) is 0 Å². The third kappa shape index (κ3) is 2.51. The van der Waals surface area contributed by atoms with Crippen molar-refractivity contribution in [3.63, 3.8) is 0 Å². The molecule has 1 aromatic carbocycles. The highest BCUT2D eigenvalue weighted by atomic mass is 16.5. The molecular formula is C13H17N3O2. The Hall–Kier alpha value is -1.88. The molecule has 5 heteroatoms. The summed E-state index contributed by atoms with van der Waals surface area (Å²) in [4.78, 5) is 0. The van der Waals surface area contributed by atoms with E-state index in [1.54, 1.807) is 7.11 Å². The van der Waals surface area contributed by atoms with Gasteiger partial charge in [0, 0.05) is 5.56 Å². The molecule has 0 saturated carbocycles. The summed E-state index contributed by atoms with van der Waals surface area (Å²) >= 11 is 0. The van der Waals surface area contributed by atoms with Gasteiger partial charge in [-0.15, -0.1) is 10.2 Å². The van der Waals surface area contributed by atoms with Gasteiger partial charge in [-0.25, -0.2) is 0 Å². The molecule has 0 aliphatic carbocycles. The summed E-state index contributed by atoms with van der Waals surface area (Å²) < 4.78 is 10.8. The van der Waals surface area contributed by atoms with Gasteiger partial charge in [-0.3, -0.25) is 0 Å². The molecule has 96 valence electrons. The van der Waals surface area contributed by atoms with Gasteiger partial charge in [0.15, 0.2) is 0 Å². The maximum Gasteiger partial charge on any atom is 0.247 e. The molecule has 0 saturated heterocycles. The molecule has 0 fully saturated rings. The third-order valence-corrected chi connectivity index (χ3v) is 2.81. The molecule has 0 aliphatic rings. The standard InChI is InChI=1S/C13H17N3O2/c1-4-11(14-2)13-16-15-12(18-13)9-6-5-7-10(8-9)17-3/h5-8,11,14H,4H2,1-3H3. The lowest BCUT2D eigenvalue weighted by Crippen LogP contribution is -2.15. The molecule has 1 heterocycles. The smallest absolute Gasteiger partial charge is 0.247 e. The fraction of sp³-hybridized carbons (Fsp3) is 0.385. The first-order chi connectivity index (χ1) is 8.78. The molecule has 1 aromatic heterocycles. The topological polar surface area (TPSA) is 60.2 Å². The Kier molecular flexibility index (Phi) is 3.94. The van der Waals surface area contributed by atoms with Crippen molar-refractivity contribution in [3.05, 3.63) is 30.2 Å². The summed E-state index contributed by atoms with van der Waals surface area (Å²) in [6, 6.07) is 7.66. The summed E-state index contributed by atoms with van der Waals surface area (Å²) in [6.45, 7) is 2.07. The first kappa shape index (κ1) is 12.6. The lowest BCUT2D eigenvalue weighted by Gasteiger charge is -2.07. The van der Waals surface area contributed by atoms with Gasteiger partial charge in [0.05, 0.1) is 13.2 Å². The minimum atomic E-state index is 0.0943. The Labute approximate surface area is 106 Å². The predicted molar refractivity (Wildman–Crippen MR) is 68.4 cm³/mol. The first-order valence-corrected chi connectivity index (χ1v) is 5.93. The summed E-state index contributed by atoms with van der Waals surface area (Å²) in [7, 11) is 3.51. The van der Waals surface area contributed by atoms with Crippen molar-refractivity contribution >= 4 is 0 Å². The van der Waals surface area contributed by atoms with Crippen LogP contribution in [0.25, 0.3) is 11.5 Å². The number of hydrogen-bond acceptors (Lipinski definition) is 5. The molecule has 1 unspecified atom stereocenters. The molecule has 2 aromatic rings. The molecule has 2 rings (SSSR count). The normalized spacial score (nSPS) is 12.4. The number of methoxy groups -OCH3 is 1. The maximum atomic E-state index is 5.67. The zero-order valence-electron chi connectivity index (χ0n) is 10.8. The number of nitrogens with one attached hydrogen (secondary N) is 1. The van der Waals surface area contributed by atoms with Crippen molar-refractivity contribution in [1.29, 1.82) is 0 Å². The van der Waals surface area contributed by atoms with Crippen molar-refractivity contribution < 1.29 is 9.15 Å². The molecule has 0 amide bonds. The zero-order valence-corrected chi connectivity index (χ0v) is 10.8. The molecule has 0 aliphatic heterocycles. The van der Waals surface area contributed by atoms with E-state index in [9.17, 15) is 0 Å². The third-order valence-electron chi connectivity index (χ3n) is 2.81. The van der Waals surface area contributed by atoms with Gasteiger partial charge in [0.1, 0.15) is 5.75 Å². The number of ether oxygens (including phenoxy) is 1. The van der Waals surface area contributed by atoms with E-state index < -0.39 is 0 Å². The van der Waals surface area contributed by atoms with Gasteiger partial charge in [-0.2, -0.15) is 0 Å². The van der Waals surface area contributed by atoms with Crippen LogP contribution in [0.2, 0.25) is 0 Å². The fourth-order valence-corrected chi connectivity index (χ4v) is 1.75. The second kappa shape index (κ2) is 5.64. The van der Waals surface area contributed by atoms with E-state index in [1.807, 2.05) is 31.3 Å². The number of benzene rings is 1. The Morgan fingerprint density at radius 2 is 2.22 bits per heavy atom. The van der Waals surface area contributed by atoms with Crippen LogP contribution in [0, 0.1) is 0 Å². The van der Waals surface area contributed by atoms with Crippen LogP contribution >= 0.6 is 0 Å². The minimum Gasteiger partial charge on any atom is -0.497 e. The molecule has 1 N–H and O–H groups in total. The number of rotatable bonds is 5. The van der Waals surface area contributed by atoms with Crippen LogP contribution < -0.4 is 10.1 Å². The van der Waals surface area contributed by atoms with Crippen LogP contribution in [-0.2, 0) is 0 Å². The van der Waals surface area contributed by atoms with E-state index in [0.717, 1.165) is 17.7 Å². The van der Waals surface area contributed by atoms with E-state index in [0.29, 0.717) is 11.8 Å². The van der Waals surface area contributed by atoms with E-state index in [-0.39, 0.29) is 6.04 Å². The summed E-state index contributed by atoms with van der Waals surface area (Å²) in [5, 5.41) is 11.3. The van der Waals surface area contributed by atoms with Crippen LogP contribution in [0.1, 0.15) is 25.3 Å². The first-order valence-electron chi connectivity index (χ1n) is 5.93.